The highest BCUT2D eigenvalue weighted by Gasteiger charge is 2.03. The monoisotopic (exact) mass is 225 g/mol. The van der Waals surface area contributed by atoms with Crippen molar-refractivity contribution in [2.24, 2.45) is 0 Å². The summed E-state index contributed by atoms with van der Waals surface area (Å²) in [5.41, 5.74) is 0.916. The van der Waals surface area contributed by atoms with Crippen molar-refractivity contribution in [3.8, 4) is 5.75 Å². The molecule has 0 aliphatic rings. The Balaban J connectivity index is 2.56. The molecule has 3 heteroatoms. The molecule has 16 heavy (non-hydrogen) atoms. The zero-order chi connectivity index (χ0) is 12.0. The van der Waals surface area contributed by atoms with Crippen molar-refractivity contribution in [2.45, 2.75) is 39.3 Å². The van der Waals surface area contributed by atoms with Crippen molar-refractivity contribution in [1.29, 1.82) is 0 Å². The number of nitrogens with one attached hydrogen (secondary N) is 1. The van der Waals surface area contributed by atoms with Crippen LogP contribution in [-0.2, 0) is 6.54 Å². The molecule has 1 atom stereocenters. The van der Waals surface area contributed by atoms with Gasteiger partial charge in [-0.05, 0) is 31.0 Å². The number of methoxy groups -OCH3 is 1. The van der Waals surface area contributed by atoms with Crippen molar-refractivity contribution in [1.82, 2.24) is 5.32 Å². The van der Waals surface area contributed by atoms with Gasteiger partial charge in [0.15, 0.2) is 0 Å². The first kappa shape index (κ1) is 13.0. The van der Waals surface area contributed by atoms with Crippen LogP contribution in [0, 0.1) is 5.82 Å². The second kappa shape index (κ2) is 6.48. The predicted octanol–water partition coefficient (Wildman–Crippen LogP) is 3.11. The maximum atomic E-state index is 13.2. The standard InChI is InChI=1S/C13H20FNO/c1-4-5-10(2)15-9-11-6-12(14)8-13(7-11)16-3/h6-8,10,15H,4-5,9H2,1-3H3. The summed E-state index contributed by atoms with van der Waals surface area (Å²) >= 11 is 0. The van der Waals surface area contributed by atoms with Crippen molar-refractivity contribution in [2.75, 3.05) is 7.11 Å². The predicted molar refractivity (Wildman–Crippen MR) is 64.2 cm³/mol. The summed E-state index contributed by atoms with van der Waals surface area (Å²) in [5.74, 6) is 0.319. The Morgan fingerprint density at radius 1 is 1.38 bits per heavy atom. The van der Waals surface area contributed by atoms with Gasteiger partial charge in [0.25, 0.3) is 0 Å². The molecule has 1 aromatic rings. The maximum Gasteiger partial charge on any atom is 0.127 e. The molecular weight excluding hydrogens is 205 g/mol. The highest BCUT2D eigenvalue weighted by Crippen LogP contribution is 2.16. The van der Waals surface area contributed by atoms with Gasteiger partial charge in [0.2, 0.25) is 0 Å². The van der Waals surface area contributed by atoms with Gasteiger partial charge < -0.3 is 10.1 Å². The van der Waals surface area contributed by atoms with E-state index in [0.717, 1.165) is 18.4 Å². The third-order valence-electron chi connectivity index (χ3n) is 2.54. The molecule has 0 saturated heterocycles. The fraction of sp³-hybridized carbons (Fsp3) is 0.538. The van der Waals surface area contributed by atoms with Gasteiger partial charge >= 0.3 is 0 Å². The van der Waals surface area contributed by atoms with Crippen LogP contribution in [0.15, 0.2) is 18.2 Å². The number of hydrogen-bond donors (Lipinski definition) is 1. The molecule has 0 fully saturated rings. The van der Waals surface area contributed by atoms with Crippen LogP contribution in [0.4, 0.5) is 4.39 Å². The van der Waals surface area contributed by atoms with Crippen LogP contribution in [-0.4, -0.2) is 13.2 Å². The highest BCUT2D eigenvalue weighted by atomic mass is 19.1. The Bertz CT molecular complexity index is 328. The Hall–Kier alpha value is -1.09. The van der Waals surface area contributed by atoms with E-state index in [0.29, 0.717) is 18.3 Å². The van der Waals surface area contributed by atoms with E-state index < -0.39 is 0 Å². The molecule has 0 aliphatic heterocycles. The molecule has 0 amide bonds. The van der Waals surface area contributed by atoms with E-state index in [1.165, 1.54) is 12.1 Å². The van der Waals surface area contributed by atoms with Crippen LogP contribution < -0.4 is 10.1 Å². The van der Waals surface area contributed by atoms with Crippen molar-refractivity contribution < 1.29 is 9.13 Å². The first-order valence-corrected chi connectivity index (χ1v) is 5.72. The third-order valence-corrected chi connectivity index (χ3v) is 2.54. The third kappa shape index (κ3) is 4.19. The minimum Gasteiger partial charge on any atom is -0.497 e. The SMILES string of the molecule is CCCC(C)NCc1cc(F)cc(OC)c1. The average Bonchev–Trinajstić information content (AvgIpc) is 2.26. The minimum absolute atomic E-state index is 0.251. The van der Waals surface area contributed by atoms with Crippen LogP contribution in [0.25, 0.3) is 0 Å². The largest absolute Gasteiger partial charge is 0.497 e. The van der Waals surface area contributed by atoms with E-state index in [1.54, 1.807) is 7.11 Å². The van der Waals surface area contributed by atoms with Crippen LogP contribution in [0.2, 0.25) is 0 Å². The van der Waals surface area contributed by atoms with Gasteiger partial charge in [-0.2, -0.15) is 0 Å². The van der Waals surface area contributed by atoms with Gasteiger partial charge in [-0.25, -0.2) is 4.39 Å². The van der Waals surface area contributed by atoms with Gasteiger partial charge in [-0.3, -0.25) is 0 Å². The summed E-state index contributed by atoms with van der Waals surface area (Å²) in [6, 6.07) is 5.24. The van der Waals surface area contributed by atoms with Crippen LogP contribution in [0.3, 0.4) is 0 Å². The lowest BCUT2D eigenvalue weighted by Crippen LogP contribution is -2.25. The zero-order valence-corrected chi connectivity index (χ0v) is 10.2. The van der Waals surface area contributed by atoms with Gasteiger partial charge in [-0.15, -0.1) is 0 Å². The molecule has 1 unspecified atom stereocenters. The molecule has 0 spiro atoms. The summed E-state index contributed by atoms with van der Waals surface area (Å²) in [7, 11) is 1.55. The van der Waals surface area contributed by atoms with Crippen molar-refractivity contribution in [3.05, 3.63) is 29.6 Å². The number of hydrogen-bond acceptors (Lipinski definition) is 2. The lowest BCUT2D eigenvalue weighted by Gasteiger charge is -2.13. The number of benzene rings is 1. The smallest absolute Gasteiger partial charge is 0.127 e. The Morgan fingerprint density at radius 3 is 2.75 bits per heavy atom. The van der Waals surface area contributed by atoms with Gasteiger partial charge in [-0.1, -0.05) is 13.3 Å². The lowest BCUT2D eigenvalue weighted by molar-refractivity contribution is 0.410. The van der Waals surface area contributed by atoms with E-state index in [1.807, 2.05) is 6.07 Å². The average molecular weight is 225 g/mol. The summed E-state index contributed by atoms with van der Waals surface area (Å²) in [6.45, 7) is 4.97. The summed E-state index contributed by atoms with van der Waals surface area (Å²) in [5, 5.41) is 3.36. The second-order valence-corrected chi connectivity index (χ2v) is 4.07. The molecule has 1 aromatic carbocycles. The van der Waals surface area contributed by atoms with E-state index >= 15 is 0 Å². The second-order valence-electron chi connectivity index (χ2n) is 4.07. The van der Waals surface area contributed by atoms with Crippen LogP contribution >= 0.6 is 0 Å². The summed E-state index contributed by atoms with van der Waals surface area (Å²) in [4.78, 5) is 0. The van der Waals surface area contributed by atoms with E-state index in [-0.39, 0.29) is 5.82 Å². The van der Waals surface area contributed by atoms with E-state index in [2.05, 4.69) is 19.2 Å². The lowest BCUT2D eigenvalue weighted by atomic mass is 10.1. The molecule has 0 aromatic heterocycles. The molecular formula is C13H20FNO. The van der Waals surface area contributed by atoms with Crippen LogP contribution in [0.5, 0.6) is 5.75 Å². The molecule has 0 radical (unpaired) electrons. The van der Waals surface area contributed by atoms with Crippen LogP contribution in [0.1, 0.15) is 32.3 Å². The fourth-order valence-electron chi connectivity index (χ4n) is 1.67. The highest BCUT2D eigenvalue weighted by molar-refractivity contribution is 5.29. The van der Waals surface area contributed by atoms with Gasteiger partial charge in [0.05, 0.1) is 7.11 Å². The Labute approximate surface area is 96.8 Å². The molecule has 2 nitrogen and oxygen atoms in total. The molecule has 1 rings (SSSR count). The first-order chi connectivity index (χ1) is 7.65. The fourth-order valence-corrected chi connectivity index (χ4v) is 1.67. The molecule has 0 aliphatic carbocycles. The normalized spacial score (nSPS) is 12.5. The maximum absolute atomic E-state index is 13.2. The molecule has 90 valence electrons. The van der Waals surface area contributed by atoms with E-state index in [9.17, 15) is 4.39 Å². The number of halogens is 1. The van der Waals surface area contributed by atoms with E-state index in [4.69, 9.17) is 4.74 Å². The van der Waals surface area contributed by atoms with Crippen molar-refractivity contribution >= 4 is 0 Å². The number of ether oxygens (including phenoxy) is 1. The Kier molecular flexibility index (Phi) is 5.26. The quantitative estimate of drug-likeness (QED) is 0.803. The zero-order valence-electron chi connectivity index (χ0n) is 10.2. The Morgan fingerprint density at radius 2 is 2.12 bits per heavy atom. The number of rotatable bonds is 6. The topological polar surface area (TPSA) is 21.3 Å². The minimum atomic E-state index is -0.251. The van der Waals surface area contributed by atoms with Gasteiger partial charge in [0, 0.05) is 18.7 Å². The first-order valence-electron chi connectivity index (χ1n) is 5.72. The molecule has 0 heterocycles. The molecule has 0 bridgehead atoms. The molecule has 0 saturated carbocycles. The summed E-state index contributed by atoms with van der Waals surface area (Å²) in [6.07, 6.45) is 2.28. The van der Waals surface area contributed by atoms with Gasteiger partial charge in [0.1, 0.15) is 11.6 Å². The summed E-state index contributed by atoms with van der Waals surface area (Å²) < 4.78 is 18.2. The van der Waals surface area contributed by atoms with Crippen molar-refractivity contribution in [3.63, 3.8) is 0 Å². The molecule has 1 N–H and O–H groups in total.